The Labute approximate surface area is 151 Å². The van der Waals surface area contributed by atoms with Gasteiger partial charge >= 0.3 is 0 Å². The average Bonchev–Trinajstić information content (AvgIpc) is 2.88. The minimum atomic E-state index is -0.300. The number of hydrogen-bond acceptors (Lipinski definition) is 4. The summed E-state index contributed by atoms with van der Waals surface area (Å²) in [5.74, 6) is 1.30. The molecular formula is C18H25BrN4O. The molecule has 0 radical (unpaired) electrons. The fourth-order valence-corrected chi connectivity index (χ4v) is 4.40. The molecule has 0 amide bonds. The van der Waals surface area contributed by atoms with Gasteiger partial charge in [0, 0.05) is 23.4 Å². The van der Waals surface area contributed by atoms with Crippen LogP contribution >= 0.6 is 15.9 Å². The summed E-state index contributed by atoms with van der Waals surface area (Å²) in [5, 5.41) is 4.29. The van der Waals surface area contributed by atoms with Crippen molar-refractivity contribution in [2.24, 2.45) is 10.8 Å². The van der Waals surface area contributed by atoms with Crippen molar-refractivity contribution >= 4 is 33.0 Å². The summed E-state index contributed by atoms with van der Waals surface area (Å²) in [4.78, 5) is 19.7. The molecule has 2 atom stereocenters. The second-order valence-corrected chi connectivity index (χ2v) is 8.99. The van der Waals surface area contributed by atoms with Crippen LogP contribution in [-0.2, 0) is 4.79 Å². The SMILES string of the molecule is C[C@H]1C[C@@](C)(C(=O)C(C)(C)C)CCN1c1ncnn2c(Br)ccc12. The second-order valence-electron chi connectivity index (χ2n) is 8.17. The van der Waals surface area contributed by atoms with Gasteiger partial charge in [0.25, 0.3) is 0 Å². The van der Waals surface area contributed by atoms with Crippen LogP contribution in [0.25, 0.3) is 5.52 Å². The summed E-state index contributed by atoms with van der Waals surface area (Å²) in [5.41, 5.74) is 0.424. The van der Waals surface area contributed by atoms with Crippen molar-refractivity contribution in [3.8, 4) is 0 Å². The lowest BCUT2D eigenvalue weighted by Crippen LogP contribution is -2.50. The monoisotopic (exact) mass is 392 g/mol. The molecule has 1 fully saturated rings. The molecule has 3 heterocycles. The van der Waals surface area contributed by atoms with Crippen LogP contribution in [-0.4, -0.2) is 33.0 Å². The van der Waals surface area contributed by atoms with Crippen LogP contribution < -0.4 is 4.90 Å². The van der Waals surface area contributed by atoms with Gasteiger partial charge in [0.05, 0.1) is 0 Å². The van der Waals surface area contributed by atoms with E-state index in [2.05, 4.69) is 44.8 Å². The minimum absolute atomic E-state index is 0.252. The van der Waals surface area contributed by atoms with Gasteiger partial charge in [0.2, 0.25) is 0 Å². The maximum absolute atomic E-state index is 12.9. The molecule has 2 aromatic heterocycles. The number of fused-ring (bicyclic) bond motifs is 1. The number of halogens is 1. The molecule has 0 bridgehead atoms. The number of rotatable bonds is 2. The fraction of sp³-hybridized carbons (Fsp3) is 0.611. The van der Waals surface area contributed by atoms with Crippen LogP contribution in [0, 0.1) is 10.8 Å². The highest BCUT2D eigenvalue weighted by Crippen LogP contribution is 2.42. The molecule has 2 aromatic rings. The molecule has 1 aliphatic heterocycles. The molecule has 6 heteroatoms. The first kappa shape index (κ1) is 17.4. The normalized spacial score (nSPS) is 25.2. The molecule has 1 saturated heterocycles. The number of Topliss-reactive ketones (excluding diaryl/α,β-unsaturated/α-hetero) is 1. The molecule has 1 aliphatic rings. The largest absolute Gasteiger partial charge is 0.352 e. The summed E-state index contributed by atoms with van der Waals surface area (Å²) in [6.07, 6.45) is 3.29. The first-order chi connectivity index (χ1) is 11.1. The van der Waals surface area contributed by atoms with E-state index in [1.54, 1.807) is 6.33 Å². The van der Waals surface area contributed by atoms with E-state index in [1.807, 2.05) is 37.4 Å². The van der Waals surface area contributed by atoms with Gasteiger partial charge in [-0.2, -0.15) is 5.10 Å². The van der Waals surface area contributed by atoms with E-state index in [4.69, 9.17) is 0 Å². The average molecular weight is 393 g/mol. The highest BCUT2D eigenvalue weighted by molar-refractivity contribution is 9.10. The van der Waals surface area contributed by atoms with E-state index >= 15 is 0 Å². The Balaban J connectivity index is 1.90. The van der Waals surface area contributed by atoms with Gasteiger partial charge in [-0.1, -0.05) is 27.7 Å². The van der Waals surface area contributed by atoms with Crippen LogP contribution in [0.3, 0.4) is 0 Å². The van der Waals surface area contributed by atoms with Crippen LogP contribution in [0.1, 0.15) is 47.5 Å². The van der Waals surface area contributed by atoms with Crippen molar-refractivity contribution in [3.05, 3.63) is 23.1 Å². The maximum Gasteiger partial charge on any atom is 0.156 e. The Hall–Kier alpha value is -1.43. The molecule has 0 aliphatic carbocycles. The van der Waals surface area contributed by atoms with Gasteiger partial charge in [0.15, 0.2) is 5.82 Å². The van der Waals surface area contributed by atoms with Gasteiger partial charge < -0.3 is 4.90 Å². The molecule has 130 valence electrons. The van der Waals surface area contributed by atoms with E-state index < -0.39 is 0 Å². The number of aromatic nitrogens is 3. The fourth-order valence-electron chi connectivity index (χ4n) is 3.99. The Morgan fingerprint density at radius 3 is 2.71 bits per heavy atom. The number of piperidine rings is 1. The van der Waals surface area contributed by atoms with Gasteiger partial charge in [-0.15, -0.1) is 0 Å². The lowest BCUT2D eigenvalue weighted by Gasteiger charge is -2.45. The molecule has 24 heavy (non-hydrogen) atoms. The molecule has 0 saturated carbocycles. The maximum atomic E-state index is 12.9. The minimum Gasteiger partial charge on any atom is -0.352 e. The third-order valence-electron chi connectivity index (χ3n) is 5.07. The number of carbonyl (C=O) groups is 1. The molecular weight excluding hydrogens is 368 g/mol. The number of hydrogen-bond donors (Lipinski definition) is 0. The summed E-state index contributed by atoms with van der Waals surface area (Å²) in [6.45, 7) is 11.2. The molecule has 0 spiro atoms. The zero-order valence-electron chi connectivity index (χ0n) is 15.0. The van der Waals surface area contributed by atoms with E-state index in [1.165, 1.54) is 0 Å². The quantitative estimate of drug-likeness (QED) is 0.771. The Morgan fingerprint density at radius 1 is 1.38 bits per heavy atom. The summed E-state index contributed by atoms with van der Waals surface area (Å²) in [7, 11) is 0. The predicted octanol–water partition coefficient (Wildman–Crippen LogP) is 4.10. The number of ketones is 1. The van der Waals surface area contributed by atoms with E-state index in [0.717, 1.165) is 35.3 Å². The Morgan fingerprint density at radius 2 is 2.08 bits per heavy atom. The van der Waals surface area contributed by atoms with E-state index in [0.29, 0.717) is 5.78 Å². The zero-order valence-corrected chi connectivity index (χ0v) is 16.6. The standard InChI is InChI=1S/C18H25BrN4O/c1-12-10-18(5,16(24)17(2,3)4)8-9-22(12)15-13-6-7-14(19)23(13)21-11-20-15/h6-7,11-12H,8-10H2,1-5H3/t12-,18-/m0/s1. The van der Waals surface area contributed by atoms with Gasteiger partial charge in [0.1, 0.15) is 22.2 Å². The summed E-state index contributed by atoms with van der Waals surface area (Å²) < 4.78 is 2.77. The molecule has 3 rings (SSSR count). The van der Waals surface area contributed by atoms with Crippen molar-refractivity contribution < 1.29 is 4.79 Å². The number of anilines is 1. The molecule has 0 unspecified atom stereocenters. The van der Waals surface area contributed by atoms with Gasteiger partial charge in [-0.3, -0.25) is 4.79 Å². The highest BCUT2D eigenvalue weighted by Gasteiger charge is 2.44. The van der Waals surface area contributed by atoms with Crippen molar-refractivity contribution in [2.45, 2.75) is 53.5 Å². The first-order valence-electron chi connectivity index (χ1n) is 8.43. The third-order valence-corrected chi connectivity index (χ3v) is 5.67. The van der Waals surface area contributed by atoms with Crippen LogP contribution in [0.15, 0.2) is 23.1 Å². The van der Waals surface area contributed by atoms with E-state index in [9.17, 15) is 4.79 Å². The van der Waals surface area contributed by atoms with Crippen LogP contribution in [0.2, 0.25) is 0 Å². The summed E-state index contributed by atoms with van der Waals surface area (Å²) in [6, 6.07) is 4.26. The molecule has 0 N–H and O–H groups in total. The van der Waals surface area contributed by atoms with Crippen molar-refractivity contribution in [1.82, 2.24) is 14.6 Å². The van der Waals surface area contributed by atoms with Crippen molar-refractivity contribution in [1.29, 1.82) is 0 Å². The van der Waals surface area contributed by atoms with Crippen molar-refractivity contribution in [2.75, 3.05) is 11.4 Å². The first-order valence-corrected chi connectivity index (χ1v) is 9.22. The highest BCUT2D eigenvalue weighted by atomic mass is 79.9. The van der Waals surface area contributed by atoms with Crippen molar-refractivity contribution in [3.63, 3.8) is 0 Å². The second kappa shape index (κ2) is 5.83. The Kier molecular flexibility index (Phi) is 4.22. The van der Waals surface area contributed by atoms with Crippen LogP contribution in [0.5, 0.6) is 0 Å². The lowest BCUT2D eigenvalue weighted by atomic mass is 9.67. The van der Waals surface area contributed by atoms with Crippen LogP contribution in [0.4, 0.5) is 5.82 Å². The predicted molar refractivity (Wildman–Crippen MR) is 99.3 cm³/mol. The zero-order chi connectivity index (χ0) is 17.7. The number of nitrogens with zero attached hydrogens (tertiary/aromatic N) is 4. The molecule has 0 aromatic carbocycles. The topological polar surface area (TPSA) is 50.5 Å². The lowest BCUT2D eigenvalue weighted by molar-refractivity contribution is -0.137. The number of carbonyl (C=O) groups excluding carboxylic acids is 1. The third kappa shape index (κ3) is 2.85. The van der Waals surface area contributed by atoms with E-state index in [-0.39, 0.29) is 16.9 Å². The molecule has 5 nitrogen and oxygen atoms in total. The summed E-state index contributed by atoms with van der Waals surface area (Å²) >= 11 is 3.51. The smallest absolute Gasteiger partial charge is 0.156 e. The Bertz CT molecular complexity index is 779. The van der Waals surface area contributed by atoms with Gasteiger partial charge in [-0.05, 0) is 47.8 Å². The van der Waals surface area contributed by atoms with Gasteiger partial charge in [-0.25, -0.2) is 9.50 Å².